The molecule has 0 aromatic heterocycles. The Morgan fingerprint density at radius 2 is 1.59 bits per heavy atom. The lowest BCUT2D eigenvalue weighted by atomic mass is 9.87. The molecule has 0 fully saturated rings. The van der Waals surface area contributed by atoms with E-state index in [-0.39, 0.29) is 22.7 Å². The summed E-state index contributed by atoms with van der Waals surface area (Å²) in [5.41, 5.74) is 1.84. The topological polar surface area (TPSA) is 75.3 Å². The Hall–Kier alpha value is -2.25. The monoisotopic (exact) mass is 392 g/mol. The van der Waals surface area contributed by atoms with Crippen molar-refractivity contribution in [3.8, 4) is 0 Å². The fourth-order valence-electron chi connectivity index (χ4n) is 2.44. The van der Waals surface area contributed by atoms with Gasteiger partial charge in [-0.3, -0.25) is 4.79 Å². The summed E-state index contributed by atoms with van der Waals surface area (Å²) in [6.45, 7) is 6.14. The Morgan fingerprint density at radius 3 is 2.15 bits per heavy atom. The van der Waals surface area contributed by atoms with Crippen molar-refractivity contribution < 1.29 is 17.6 Å². The fourth-order valence-corrected chi connectivity index (χ4v) is 3.42. The first-order valence-corrected chi connectivity index (χ1v) is 10.2. The van der Waals surface area contributed by atoms with Gasteiger partial charge in [-0.1, -0.05) is 45.0 Å². The molecule has 0 heterocycles. The largest absolute Gasteiger partial charge is 0.355 e. The van der Waals surface area contributed by atoms with Crippen LogP contribution in [0.5, 0.6) is 0 Å². The lowest BCUT2D eigenvalue weighted by Gasteiger charge is -2.19. The van der Waals surface area contributed by atoms with Gasteiger partial charge in [-0.25, -0.2) is 17.5 Å². The molecule has 2 N–H and O–H groups in total. The number of carbonyl (C=O) groups excluding carboxylic acids is 1. The fraction of sp³-hybridized carbons (Fsp3) is 0.350. The molecule has 0 aliphatic carbocycles. The van der Waals surface area contributed by atoms with Crippen molar-refractivity contribution in [2.45, 2.75) is 37.5 Å². The highest BCUT2D eigenvalue weighted by Gasteiger charge is 2.18. The molecule has 5 nitrogen and oxygen atoms in total. The van der Waals surface area contributed by atoms with Crippen LogP contribution in [0.1, 0.15) is 31.9 Å². The molecule has 0 aliphatic rings. The molecule has 0 atom stereocenters. The van der Waals surface area contributed by atoms with Crippen molar-refractivity contribution in [1.82, 2.24) is 10.0 Å². The predicted octanol–water partition coefficient (Wildman–Crippen LogP) is 2.76. The summed E-state index contributed by atoms with van der Waals surface area (Å²) in [7, 11) is -3.75. The van der Waals surface area contributed by atoms with Gasteiger partial charge in [0, 0.05) is 6.54 Å². The van der Waals surface area contributed by atoms with Crippen molar-refractivity contribution >= 4 is 15.9 Å². The molecule has 0 aliphatic heterocycles. The van der Waals surface area contributed by atoms with Crippen LogP contribution in [0.3, 0.4) is 0 Å². The van der Waals surface area contributed by atoms with E-state index >= 15 is 0 Å². The van der Waals surface area contributed by atoms with E-state index in [1.165, 1.54) is 24.3 Å². The van der Waals surface area contributed by atoms with E-state index in [0.29, 0.717) is 13.0 Å². The minimum absolute atomic E-state index is 0.0693. The molecule has 0 spiro atoms. The zero-order valence-electron chi connectivity index (χ0n) is 15.8. The van der Waals surface area contributed by atoms with Crippen molar-refractivity contribution in [2.75, 3.05) is 13.1 Å². The van der Waals surface area contributed by atoms with E-state index in [9.17, 15) is 17.6 Å². The molecule has 2 rings (SSSR count). The number of sulfonamides is 1. The Labute approximate surface area is 160 Å². The van der Waals surface area contributed by atoms with Gasteiger partial charge in [-0.2, -0.15) is 0 Å². The molecule has 0 unspecified atom stereocenters. The summed E-state index contributed by atoms with van der Waals surface area (Å²) >= 11 is 0. The second-order valence-electron chi connectivity index (χ2n) is 7.33. The second-order valence-corrected chi connectivity index (χ2v) is 9.09. The number of carbonyl (C=O) groups is 1. The number of halogens is 1. The summed E-state index contributed by atoms with van der Waals surface area (Å²) in [5.74, 6) is -0.736. The summed E-state index contributed by atoms with van der Waals surface area (Å²) in [6.07, 6.45) is 0.535. The second kappa shape index (κ2) is 8.63. The summed E-state index contributed by atoms with van der Waals surface area (Å²) in [4.78, 5) is 12.0. The van der Waals surface area contributed by atoms with E-state index in [4.69, 9.17) is 0 Å². The number of hydrogen-bond acceptors (Lipinski definition) is 3. The van der Waals surface area contributed by atoms with Crippen LogP contribution in [0.25, 0.3) is 0 Å². The number of amides is 1. The number of nitrogens with one attached hydrogen (secondary N) is 2. The normalized spacial score (nSPS) is 12.0. The quantitative estimate of drug-likeness (QED) is 0.761. The zero-order valence-corrected chi connectivity index (χ0v) is 16.6. The van der Waals surface area contributed by atoms with Crippen LogP contribution in [0, 0.1) is 5.82 Å². The Bertz CT molecular complexity index is 871. The number of hydrogen-bond donors (Lipinski definition) is 2. The summed E-state index contributed by atoms with van der Waals surface area (Å²) < 4.78 is 39.7. The van der Waals surface area contributed by atoms with Crippen LogP contribution in [-0.2, 0) is 26.7 Å². The van der Waals surface area contributed by atoms with E-state index < -0.39 is 15.9 Å². The van der Waals surface area contributed by atoms with Crippen LogP contribution in [0.2, 0.25) is 0 Å². The molecule has 0 saturated carbocycles. The van der Waals surface area contributed by atoms with Gasteiger partial charge in [-0.15, -0.1) is 0 Å². The van der Waals surface area contributed by atoms with Gasteiger partial charge < -0.3 is 5.32 Å². The average molecular weight is 392 g/mol. The maximum Gasteiger partial charge on any atom is 0.241 e. The average Bonchev–Trinajstić information content (AvgIpc) is 2.61. The minimum Gasteiger partial charge on any atom is -0.355 e. The van der Waals surface area contributed by atoms with Gasteiger partial charge in [0.2, 0.25) is 15.9 Å². The van der Waals surface area contributed by atoms with Crippen molar-refractivity contribution in [1.29, 1.82) is 0 Å². The number of rotatable bonds is 7. The summed E-state index contributed by atoms with van der Waals surface area (Å²) in [6, 6.07) is 12.6. The highest BCUT2D eigenvalue weighted by Crippen LogP contribution is 2.23. The highest BCUT2D eigenvalue weighted by molar-refractivity contribution is 7.89. The molecular formula is C20H25FN2O3S. The van der Waals surface area contributed by atoms with Crippen LogP contribution in [0.4, 0.5) is 4.39 Å². The maximum absolute atomic E-state index is 12.8. The first kappa shape index (κ1) is 21.1. The Morgan fingerprint density at radius 1 is 1.00 bits per heavy atom. The first-order chi connectivity index (χ1) is 12.6. The highest BCUT2D eigenvalue weighted by atomic mass is 32.2. The van der Waals surface area contributed by atoms with Crippen molar-refractivity contribution in [3.05, 3.63) is 65.5 Å². The molecule has 2 aromatic carbocycles. The SMILES string of the molecule is CC(C)(C)c1ccc(S(=O)(=O)NCC(=O)NCCc2ccc(F)cc2)cc1. The molecule has 2 aromatic rings. The zero-order chi connectivity index (χ0) is 20.1. The van der Waals surface area contributed by atoms with Crippen LogP contribution in [0.15, 0.2) is 53.4 Å². The van der Waals surface area contributed by atoms with Crippen LogP contribution < -0.4 is 10.0 Å². The van der Waals surface area contributed by atoms with Gasteiger partial charge in [0.25, 0.3) is 0 Å². The predicted molar refractivity (Wildman–Crippen MR) is 103 cm³/mol. The molecule has 0 radical (unpaired) electrons. The molecule has 0 bridgehead atoms. The summed E-state index contributed by atoms with van der Waals surface area (Å²) in [5, 5.41) is 2.64. The van der Waals surface area contributed by atoms with Gasteiger partial charge >= 0.3 is 0 Å². The molecule has 146 valence electrons. The molecule has 0 saturated heterocycles. The first-order valence-electron chi connectivity index (χ1n) is 8.69. The Kier molecular flexibility index (Phi) is 6.73. The maximum atomic E-state index is 12.8. The van der Waals surface area contributed by atoms with E-state index in [1.807, 2.05) is 20.8 Å². The van der Waals surface area contributed by atoms with Gasteiger partial charge in [0.15, 0.2) is 0 Å². The van der Waals surface area contributed by atoms with Gasteiger partial charge in [0.1, 0.15) is 5.82 Å². The molecule has 7 heteroatoms. The third-order valence-electron chi connectivity index (χ3n) is 4.10. The lowest BCUT2D eigenvalue weighted by molar-refractivity contribution is -0.119. The van der Waals surface area contributed by atoms with Crippen molar-refractivity contribution in [2.24, 2.45) is 0 Å². The smallest absolute Gasteiger partial charge is 0.241 e. The third-order valence-corrected chi connectivity index (χ3v) is 5.52. The van der Waals surface area contributed by atoms with Gasteiger partial charge in [0.05, 0.1) is 11.4 Å². The van der Waals surface area contributed by atoms with Gasteiger partial charge in [-0.05, 0) is 47.2 Å². The Balaban J connectivity index is 1.83. The lowest BCUT2D eigenvalue weighted by Crippen LogP contribution is -2.37. The standard InChI is InChI=1S/C20H25FN2O3S/c1-20(2,3)16-6-10-18(11-7-16)27(25,26)23-14-19(24)22-13-12-15-4-8-17(21)9-5-15/h4-11,23H,12-14H2,1-3H3,(H,22,24). The van der Waals surface area contributed by atoms with E-state index in [0.717, 1.165) is 11.1 Å². The van der Waals surface area contributed by atoms with Crippen LogP contribution >= 0.6 is 0 Å². The van der Waals surface area contributed by atoms with E-state index in [2.05, 4.69) is 10.0 Å². The minimum atomic E-state index is -3.75. The third kappa shape index (κ3) is 6.45. The van der Waals surface area contributed by atoms with Crippen molar-refractivity contribution in [3.63, 3.8) is 0 Å². The molecule has 1 amide bonds. The molecular weight excluding hydrogens is 367 g/mol. The van der Waals surface area contributed by atoms with E-state index in [1.54, 1.807) is 24.3 Å². The molecule has 27 heavy (non-hydrogen) atoms. The van der Waals surface area contributed by atoms with Crippen LogP contribution in [-0.4, -0.2) is 27.4 Å². The number of benzene rings is 2.